The minimum absolute atomic E-state index is 0.699. The third-order valence-electron chi connectivity index (χ3n) is 3.22. The Morgan fingerprint density at radius 1 is 1.29 bits per heavy atom. The van der Waals surface area contributed by atoms with Gasteiger partial charge in [-0.3, -0.25) is 0 Å². The van der Waals surface area contributed by atoms with E-state index in [-0.39, 0.29) is 0 Å². The average molecular weight is 245 g/mol. The molecule has 4 heteroatoms. The van der Waals surface area contributed by atoms with Crippen molar-refractivity contribution in [2.24, 2.45) is 0 Å². The number of nitrogens with zero attached hydrogens (tertiary/aromatic N) is 1. The van der Waals surface area contributed by atoms with Crippen LogP contribution >= 0.6 is 12.2 Å². The molecule has 0 saturated carbocycles. The molecule has 0 aliphatic carbocycles. The number of aromatic amines is 2. The molecule has 0 amide bonds. The second kappa shape index (κ2) is 4.37. The smallest absolute Gasteiger partial charge is 0.174 e. The Hall–Kier alpha value is -1.55. The van der Waals surface area contributed by atoms with Crippen molar-refractivity contribution in [2.45, 2.75) is 19.4 Å². The first-order valence-corrected chi connectivity index (χ1v) is 6.33. The van der Waals surface area contributed by atoms with Crippen LogP contribution in [0.5, 0.6) is 0 Å². The van der Waals surface area contributed by atoms with Gasteiger partial charge < -0.3 is 14.9 Å². The van der Waals surface area contributed by atoms with Gasteiger partial charge in [0, 0.05) is 18.4 Å². The topological polar surface area (TPSA) is 34.8 Å². The van der Waals surface area contributed by atoms with Crippen LogP contribution < -0.4 is 4.90 Å². The van der Waals surface area contributed by atoms with E-state index in [4.69, 9.17) is 12.2 Å². The molecule has 1 aliphatic heterocycles. The molecule has 1 aromatic carbocycles. The predicted molar refractivity (Wildman–Crippen MR) is 71.8 cm³/mol. The van der Waals surface area contributed by atoms with Gasteiger partial charge in [0.15, 0.2) is 4.77 Å². The number of rotatable bonds is 2. The quantitative estimate of drug-likeness (QED) is 0.798. The van der Waals surface area contributed by atoms with Gasteiger partial charge in [0.2, 0.25) is 0 Å². The zero-order valence-corrected chi connectivity index (χ0v) is 10.4. The van der Waals surface area contributed by atoms with Crippen LogP contribution in [0.1, 0.15) is 17.7 Å². The first-order chi connectivity index (χ1) is 8.33. The molecule has 2 N–H and O–H groups in total. The lowest BCUT2D eigenvalue weighted by Crippen LogP contribution is -2.28. The number of para-hydroxylation sites is 1. The Bertz CT molecular complexity index is 570. The normalized spacial score (nSPS) is 14.7. The molecule has 0 bridgehead atoms. The van der Waals surface area contributed by atoms with Crippen molar-refractivity contribution in [2.75, 3.05) is 11.4 Å². The van der Waals surface area contributed by atoms with E-state index in [0.29, 0.717) is 4.77 Å². The van der Waals surface area contributed by atoms with Gasteiger partial charge in [-0.15, -0.1) is 0 Å². The second-order valence-corrected chi connectivity index (χ2v) is 4.83. The molecule has 1 aromatic heterocycles. The van der Waals surface area contributed by atoms with Gasteiger partial charge in [0.05, 0.1) is 12.2 Å². The maximum atomic E-state index is 5.05. The molecule has 0 unspecified atom stereocenters. The summed E-state index contributed by atoms with van der Waals surface area (Å²) < 4.78 is 0.699. The Labute approximate surface area is 105 Å². The first kappa shape index (κ1) is 10.6. The fourth-order valence-corrected chi connectivity index (χ4v) is 2.63. The van der Waals surface area contributed by atoms with Gasteiger partial charge in [-0.05, 0) is 36.7 Å². The summed E-state index contributed by atoms with van der Waals surface area (Å²) in [6, 6.07) is 8.65. The summed E-state index contributed by atoms with van der Waals surface area (Å²) in [7, 11) is 0. The summed E-state index contributed by atoms with van der Waals surface area (Å²) in [4.78, 5) is 8.60. The molecule has 0 fully saturated rings. The molecular formula is C13H15N3S. The van der Waals surface area contributed by atoms with Crippen molar-refractivity contribution in [1.29, 1.82) is 0 Å². The molecule has 0 atom stereocenters. The number of imidazole rings is 1. The number of hydrogen-bond donors (Lipinski definition) is 2. The number of aryl methyl sites for hydroxylation is 1. The van der Waals surface area contributed by atoms with Crippen molar-refractivity contribution in [3.63, 3.8) is 0 Å². The van der Waals surface area contributed by atoms with E-state index in [2.05, 4.69) is 39.1 Å². The summed E-state index contributed by atoms with van der Waals surface area (Å²) in [5.74, 6) is 0. The highest BCUT2D eigenvalue weighted by atomic mass is 32.1. The summed E-state index contributed by atoms with van der Waals surface area (Å²) in [5.41, 5.74) is 3.96. The second-order valence-electron chi connectivity index (χ2n) is 4.42. The van der Waals surface area contributed by atoms with Crippen molar-refractivity contribution in [3.05, 3.63) is 46.5 Å². The number of aromatic nitrogens is 2. The Balaban J connectivity index is 1.88. The molecule has 2 heterocycles. The van der Waals surface area contributed by atoms with Gasteiger partial charge >= 0.3 is 0 Å². The standard InChI is InChI=1S/C13H15N3S/c17-13-14-8-11(15-13)9-16-7-3-5-10-4-1-2-6-12(10)16/h1-2,4,6,8H,3,5,7,9H2,(H2,14,15,17). The van der Waals surface area contributed by atoms with Crippen molar-refractivity contribution in [3.8, 4) is 0 Å². The third-order valence-corrected chi connectivity index (χ3v) is 3.44. The maximum absolute atomic E-state index is 5.05. The maximum Gasteiger partial charge on any atom is 0.174 e. The van der Waals surface area contributed by atoms with Crippen LogP contribution in [0.15, 0.2) is 30.5 Å². The van der Waals surface area contributed by atoms with E-state index < -0.39 is 0 Å². The fourth-order valence-electron chi connectivity index (χ4n) is 2.44. The Kier molecular flexibility index (Phi) is 2.73. The van der Waals surface area contributed by atoms with Gasteiger partial charge in [-0.2, -0.15) is 0 Å². The predicted octanol–water partition coefficient (Wildman–Crippen LogP) is 3.03. The summed E-state index contributed by atoms with van der Waals surface area (Å²) >= 11 is 5.05. The van der Waals surface area contributed by atoms with Crippen LogP contribution in [0.3, 0.4) is 0 Å². The number of benzene rings is 1. The molecule has 1 aliphatic rings. The van der Waals surface area contributed by atoms with Gasteiger partial charge in [-0.25, -0.2) is 0 Å². The molecule has 88 valence electrons. The highest BCUT2D eigenvalue weighted by molar-refractivity contribution is 7.71. The lowest BCUT2D eigenvalue weighted by atomic mass is 10.0. The van der Waals surface area contributed by atoms with E-state index in [1.165, 1.54) is 24.1 Å². The largest absolute Gasteiger partial charge is 0.365 e. The van der Waals surface area contributed by atoms with Crippen molar-refractivity contribution < 1.29 is 0 Å². The van der Waals surface area contributed by atoms with Crippen LogP contribution in [0.2, 0.25) is 0 Å². The molecule has 3 rings (SSSR count). The molecule has 17 heavy (non-hydrogen) atoms. The highest BCUT2D eigenvalue weighted by Crippen LogP contribution is 2.27. The van der Waals surface area contributed by atoms with E-state index in [9.17, 15) is 0 Å². The first-order valence-electron chi connectivity index (χ1n) is 5.92. The summed E-state index contributed by atoms with van der Waals surface area (Å²) in [5, 5.41) is 0. The number of nitrogens with one attached hydrogen (secondary N) is 2. The average Bonchev–Trinajstić information content (AvgIpc) is 2.75. The number of hydrogen-bond acceptors (Lipinski definition) is 2. The molecular weight excluding hydrogens is 230 g/mol. The zero-order valence-electron chi connectivity index (χ0n) is 9.57. The minimum atomic E-state index is 0.699. The highest BCUT2D eigenvalue weighted by Gasteiger charge is 2.16. The summed E-state index contributed by atoms with van der Waals surface area (Å²) in [6.07, 6.45) is 4.37. The number of fused-ring (bicyclic) bond motifs is 1. The van der Waals surface area contributed by atoms with Crippen LogP contribution in [0.25, 0.3) is 0 Å². The number of H-pyrrole nitrogens is 2. The fraction of sp³-hybridized carbons (Fsp3) is 0.308. The summed E-state index contributed by atoms with van der Waals surface area (Å²) in [6.45, 7) is 2.01. The molecule has 3 nitrogen and oxygen atoms in total. The van der Waals surface area contributed by atoms with E-state index >= 15 is 0 Å². The van der Waals surface area contributed by atoms with Gasteiger partial charge in [-0.1, -0.05) is 18.2 Å². The van der Waals surface area contributed by atoms with Gasteiger partial charge in [0.25, 0.3) is 0 Å². The van der Waals surface area contributed by atoms with Gasteiger partial charge in [0.1, 0.15) is 0 Å². The molecule has 0 radical (unpaired) electrons. The lowest BCUT2D eigenvalue weighted by Gasteiger charge is -2.30. The molecule has 0 spiro atoms. The SMILES string of the molecule is S=c1[nH]cc(CN2CCCc3ccccc32)[nH]1. The molecule has 0 saturated heterocycles. The minimum Gasteiger partial charge on any atom is -0.365 e. The number of anilines is 1. The Morgan fingerprint density at radius 3 is 3.00 bits per heavy atom. The van der Waals surface area contributed by atoms with Crippen LogP contribution in [-0.2, 0) is 13.0 Å². The third kappa shape index (κ3) is 2.13. The van der Waals surface area contributed by atoms with Crippen molar-refractivity contribution >= 4 is 17.9 Å². The van der Waals surface area contributed by atoms with Crippen molar-refractivity contribution in [1.82, 2.24) is 9.97 Å². The zero-order chi connectivity index (χ0) is 11.7. The van der Waals surface area contributed by atoms with Crippen LogP contribution in [0, 0.1) is 4.77 Å². The van der Waals surface area contributed by atoms with E-state index in [0.717, 1.165) is 18.8 Å². The van der Waals surface area contributed by atoms with Crippen LogP contribution in [-0.4, -0.2) is 16.5 Å². The Morgan fingerprint density at radius 2 is 2.18 bits per heavy atom. The lowest BCUT2D eigenvalue weighted by molar-refractivity contribution is 0.685. The van der Waals surface area contributed by atoms with E-state index in [1.807, 2.05) is 6.20 Å². The van der Waals surface area contributed by atoms with E-state index in [1.54, 1.807) is 0 Å². The monoisotopic (exact) mass is 245 g/mol. The van der Waals surface area contributed by atoms with Crippen LogP contribution in [0.4, 0.5) is 5.69 Å². The molecule has 2 aromatic rings.